The van der Waals surface area contributed by atoms with E-state index in [9.17, 15) is 9.59 Å². The van der Waals surface area contributed by atoms with E-state index >= 15 is 0 Å². The van der Waals surface area contributed by atoms with Crippen molar-refractivity contribution in [1.82, 2.24) is 10.6 Å². The fraction of sp³-hybridized carbons (Fsp3) is 0.556. The first-order chi connectivity index (χ1) is 11.6. The molecule has 2 amide bonds. The van der Waals surface area contributed by atoms with Crippen LogP contribution in [0.5, 0.6) is 5.75 Å². The number of carboxylic acids is 1. The molecule has 6 heteroatoms. The minimum Gasteiger partial charge on any atom is -0.497 e. The molecule has 1 aliphatic carbocycles. The van der Waals surface area contributed by atoms with Gasteiger partial charge in [0.25, 0.3) is 0 Å². The summed E-state index contributed by atoms with van der Waals surface area (Å²) in [6.07, 6.45) is 4.46. The van der Waals surface area contributed by atoms with Crippen molar-refractivity contribution in [3.05, 3.63) is 29.8 Å². The highest BCUT2D eigenvalue weighted by atomic mass is 16.5. The smallest absolute Gasteiger partial charge is 0.315 e. The molecule has 0 atom stereocenters. The maximum absolute atomic E-state index is 11.9. The van der Waals surface area contributed by atoms with E-state index in [1.165, 1.54) is 5.56 Å². The molecule has 0 heterocycles. The zero-order valence-corrected chi connectivity index (χ0v) is 14.1. The van der Waals surface area contributed by atoms with Crippen LogP contribution >= 0.6 is 0 Å². The minimum absolute atomic E-state index is 0.0824. The topological polar surface area (TPSA) is 87.7 Å². The van der Waals surface area contributed by atoms with Crippen molar-refractivity contribution in [3.63, 3.8) is 0 Å². The predicted molar refractivity (Wildman–Crippen MR) is 91.2 cm³/mol. The second kappa shape index (κ2) is 9.15. The highest BCUT2D eigenvalue weighted by molar-refractivity contribution is 5.74. The molecule has 1 fully saturated rings. The molecule has 6 nitrogen and oxygen atoms in total. The second-order valence-corrected chi connectivity index (χ2v) is 6.24. The van der Waals surface area contributed by atoms with Crippen LogP contribution in [0.25, 0.3) is 0 Å². The van der Waals surface area contributed by atoms with Crippen LogP contribution in [-0.2, 0) is 11.2 Å². The Morgan fingerprint density at radius 1 is 1.25 bits per heavy atom. The third-order valence-corrected chi connectivity index (χ3v) is 4.47. The summed E-state index contributed by atoms with van der Waals surface area (Å²) in [5.41, 5.74) is 1.18. The number of aryl methyl sites for hydroxylation is 1. The predicted octanol–water partition coefficient (Wildman–Crippen LogP) is 2.57. The van der Waals surface area contributed by atoms with E-state index in [-0.39, 0.29) is 18.0 Å². The van der Waals surface area contributed by atoms with Crippen LogP contribution in [0.4, 0.5) is 4.79 Å². The third kappa shape index (κ3) is 5.76. The summed E-state index contributed by atoms with van der Waals surface area (Å²) in [7, 11) is 1.65. The Bertz CT molecular complexity index is 554. The van der Waals surface area contributed by atoms with Crippen LogP contribution in [0.1, 0.15) is 37.7 Å². The molecule has 0 bridgehead atoms. The lowest BCUT2D eigenvalue weighted by Crippen LogP contribution is -2.44. The van der Waals surface area contributed by atoms with E-state index in [0.29, 0.717) is 19.4 Å². The maximum atomic E-state index is 11.9. The number of methoxy groups -OCH3 is 1. The molecule has 1 aromatic rings. The van der Waals surface area contributed by atoms with E-state index in [1.54, 1.807) is 7.11 Å². The van der Waals surface area contributed by atoms with Crippen molar-refractivity contribution in [3.8, 4) is 5.75 Å². The Morgan fingerprint density at radius 3 is 2.67 bits per heavy atom. The summed E-state index contributed by atoms with van der Waals surface area (Å²) < 4.78 is 5.19. The highest BCUT2D eigenvalue weighted by Gasteiger charge is 2.26. The molecule has 0 aliphatic heterocycles. The molecular formula is C18H26N2O4. The highest BCUT2D eigenvalue weighted by Crippen LogP contribution is 2.24. The first kappa shape index (κ1) is 18.1. The Labute approximate surface area is 142 Å². The lowest BCUT2D eigenvalue weighted by Gasteiger charge is -2.26. The van der Waals surface area contributed by atoms with Crippen LogP contribution in [0.15, 0.2) is 24.3 Å². The molecule has 0 unspecified atom stereocenters. The molecule has 0 saturated heterocycles. The van der Waals surface area contributed by atoms with Crippen LogP contribution < -0.4 is 15.4 Å². The first-order valence-corrected chi connectivity index (χ1v) is 8.48. The number of hydrogen-bond donors (Lipinski definition) is 3. The largest absolute Gasteiger partial charge is 0.497 e. The zero-order valence-electron chi connectivity index (χ0n) is 14.1. The van der Waals surface area contributed by atoms with Gasteiger partial charge in [-0.2, -0.15) is 0 Å². The molecule has 0 radical (unpaired) electrons. The van der Waals surface area contributed by atoms with Gasteiger partial charge in [-0.1, -0.05) is 12.1 Å². The van der Waals surface area contributed by atoms with Crippen LogP contribution in [0.3, 0.4) is 0 Å². The van der Waals surface area contributed by atoms with Crippen LogP contribution in [-0.4, -0.2) is 36.8 Å². The van der Waals surface area contributed by atoms with Crippen molar-refractivity contribution in [2.24, 2.45) is 5.92 Å². The second-order valence-electron chi connectivity index (χ2n) is 6.24. The van der Waals surface area contributed by atoms with Gasteiger partial charge in [-0.15, -0.1) is 0 Å². The maximum Gasteiger partial charge on any atom is 0.315 e. The van der Waals surface area contributed by atoms with E-state index in [2.05, 4.69) is 10.6 Å². The SMILES string of the molecule is COc1cccc(CCCNC(=O)NC2CCC(C(=O)O)CC2)c1. The van der Waals surface area contributed by atoms with Gasteiger partial charge in [0.1, 0.15) is 5.75 Å². The van der Waals surface area contributed by atoms with Crippen molar-refractivity contribution < 1.29 is 19.4 Å². The first-order valence-electron chi connectivity index (χ1n) is 8.48. The number of ether oxygens (including phenoxy) is 1. The quantitative estimate of drug-likeness (QED) is 0.669. The Balaban J connectivity index is 1.61. The van der Waals surface area contributed by atoms with E-state index in [1.807, 2.05) is 24.3 Å². The van der Waals surface area contributed by atoms with E-state index < -0.39 is 5.97 Å². The zero-order chi connectivity index (χ0) is 17.4. The van der Waals surface area contributed by atoms with Gasteiger partial charge in [0.15, 0.2) is 0 Å². The number of carbonyl (C=O) groups excluding carboxylic acids is 1. The fourth-order valence-electron chi connectivity index (χ4n) is 3.04. The number of rotatable bonds is 7. The number of aliphatic carboxylic acids is 1. The van der Waals surface area contributed by atoms with Gasteiger partial charge in [0.2, 0.25) is 0 Å². The van der Waals surface area contributed by atoms with E-state index in [0.717, 1.165) is 31.4 Å². The van der Waals surface area contributed by atoms with Crippen molar-refractivity contribution in [2.75, 3.05) is 13.7 Å². The molecule has 132 valence electrons. The van der Waals surface area contributed by atoms with Crippen molar-refractivity contribution in [1.29, 1.82) is 0 Å². The molecular weight excluding hydrogens is 308 g/mol. The van der Waals surface area contributed by atoms with Crippen LogP contribution in [0, 0.1) is 5.92 Å². The van der Waals surface area contributed by atoms with Gasteiger partial charge in [-0.05, 0) is 56.2 Å². The average Bonchev–Trinajstić information content (AvgIpc) is 2.59. The van der Waals surface area contributed by atoms with Crippen molar-refractivity contribution in [2.45, 2.75) is 44.6 Å². The van der Waals surface area contributed by atoms with Gasteiger partial charge in [0, 0.05) is 12.6 Å². The average molecular weight is 334 g/mol. The van der Waals surface area contributed by atoms with Crippen LogP contribution in [0.2, 0.25) is 0 Å². The minimum atomic E-state index is -0.726. The molecule has 0 spiro atoms. The molecule has 1 aliphatic rings. The summed E-state index contributed by atoms with van der Waals surface area (Å²) in [6.45, 7) is 0.605. The van der Waals surface area contributed by atoms with Crippen molar-refractivity contribution >= 4 is 12.0 Å². The molecule has 0 aromatic heterocycles. The lowest BCUT2D eigenvalue weighted by atomic mass is 9.86. The summed E-state index contributed by atoms with van der Waals surface area (Å²) >= 11 is 0. The van der Waals surface area contributed by atoms with E-state index in [4.69, 9.17) is 9.84 Å². The normalized spacial score (nSPS) is 20.2. The number of carbonyl (C=O) groups is 2. The Kier molecular flexibility index (Phi) is 6.90. The Hall–Kier alpha value is -2.24. The summed E-state index contributed by atoms with van der Waals surface area (Å²) in [5.74, 6) is -0.139. The summed E-state index contributed by atoms with van der Waals surface area (Å²) in [4.78, 5) is 22.8. The molecule has 1 saturated carbocycles. The standard InChI is InChI=1S/C18H26N2O4/c1-24-16-6-2-4-13(12-16)5-3-11-19-18(23)20-15-9-7-14(8-10-15)17(21)22/h2,4,6,12,14-15H,3,5,7-11H2,1H3,(H,21,22)(H2,19,20,23). The summed E-state index contributed by atoms with van der Waals surface area (Å²) in [5, 5.41) is 14.8. The molecule has 24 heavy (non-hydrogen) atoms. The van der Waals surface area contributed by atoms with Gasteiger partial charge in [0.05, 0.1) is 13.0 Å². The Morgan fingerprint density at radius 2 is 2.00 bits per heavy atom. The third-order valence-electron chi connectivity index (χ3n) is 4.47. The van der Waals surface area contributed by atoms with Gasteiger partial charge in [-0.3, -0.25) is 4.79 Å². The number of amides is 2. The van der Waals surface area contributed by atoms with Gasteiger partial charge in [-0.25, -0.2) is 4.79 Å². The number of urea groups is 1. The molecule has 3 N–H and O–H groups in total. The van der Waals surface area contributed by atoms with Gasteiger partial charge < -0.3 is 20.5 Å². The molecule has 2 rings (SSSR count). The number of hydrogen-bond acceptors (Lipinski definition) is 3. The fourth-order valence-corrected chi connectivity index (χ4v) is 3.04. The summed E-state index contributed by atoms with van der Waals surface area (Å²) in [6, 6.07) is 7.83. The molecule has 1 aromatic carbocycles. The lowest BCUT2D eigenvalue weighted by molar-refractivity contribution is -0.142. The number of carboxylic acid groups (broad SMARTS) is 1. The number of benzene rings is 1. The monoisotopic (exact) mass is 334 g/mol. The van der Waals surface area contributed by atoms with Gasteiger partial charge >= 0.3 is 12.0 Å². The number of nitrogens with one attached hydrogen (secondary N) is 2.